The van der Waals surface area contributed by atoms with Gasteiger partial charge in [0.25, 0.3) is 11.8 Å². The maximum Gasteiger partial charge on any atom is 0.272 e. The van der Waals surface area contributed by atoms with Crippen LogP contribution in [0, 0.1) is 6.92 Å². The zero-order chi connectivity index (χ0) is 22.9. The molecule has 0 spiro atoms. The van der Waals surface area contributed by atoms with Gasteiger partial charge in [-0.1, -0.05) is 66.2 Å². The van der Waals surface area contributed by atoms with E-state index < -0.39 is 0 Å². The molecule has 1 aliphatic heterocycles. The van der Waals surface area contributed by atoms with Crippen molar-refractivity contribution in [1.29, 1.82) is 0 Å². The maximum atomic E-state index is 13.4. The number of nitrogens with one attached hydrogen (secondary N) is 1. The lowest BCUT2D eigenvalue weighted by Gasteiger charge is -2.19. The van der Waals surface area contributed by atoms with E-state index in [0.717, 1.165) is 34.0 Å². The third-order valence-electron chi connectivity index (χ3n) is 6.27. The number of aryl methyl sites for hydroxylation is 2. The van der Waals surface area contributed by atoms with Crippen LogP contribution >= 0.6 is 0 Å². The van der Waals surface area contributed by atoms with Gasteiger partial charge in [0.15, 0.2) is 5.69 Å². The number of hydrogen-bond acceptors (Lipinski definition) is 3. The Kier molecular flexibility index (Phi) is 5.42. The molecular weight excluding hydrogens is 412 g/mol. The lowest BCUT2D eigenvalue weighted by molar-refractivity contribution is 0.0783. The fraction of sp³-hybridized carbons (Fsp3) is 0.222. The first-order valence-electron chi connectivity index (χ1n) is 11.2. The van der Waals surface area contributed by atoms with Crippen molar-refractivity contribution in [2.24, 2.45) is 7.05 Å². The fourth-order valence-electron chi connectivity index (χ4n) is 4.60. The molecule has 0 radical (unpaired) electrons. The Morgan fingerprint density at radius 2 is 1.79 bits per heavy atom. The number of para-hydroxylation sites is 1. The summed E-state index contributed by atoms with van der Waals surface area (Å²) >= 11 is 0. The van der Waals surface area contributed by atoms with E-state index in [4.69, 9.17) is 0 Å². The monoisotopic (exact) mass is 438 g/mol. The molecule has 6 heteroatoms. The molecule has 33 heavy (non-hydrogen) atoms. The second-order valence-electron chi connectivity index (χ2n) is 8.61. The number of benzene rings is 3. The highest BCUT2D eigenvalue weighted by molar-refractivity contribution is 6.05. The quantitative estimate of drug-likeness (QED) is 0.519. The number of likely N-dealkylation sites (tertiary alicyclic amines) is 1. The van der Waals surface area contributed by atoms with Gasteiger partial charge in [-0.25, -0.2) is 0 Å². The zero-order valence-corrected chi connectivity index (χ0v) is 18.8. The Morgan fingerprint density at radius 1 is 1.00 bits per heavy atom. The highest BCUT2D eigenvalue weighted by Crippen LogP contribution is 2.27. The molecule has 1 aliphatic rings. The Labute approximate surface area is 192 Å². The first-order valence-corrected chi connectivity index (χ1v) is 11.2. The second kappa shape index (κ2) is 8.54. The first-order chi connectivity index (χ1) is 16.0. The molecule has 1 unspecified atom stereocenters. The predicted molar refractivity (Wildman–Crippen MR) is 129 cm³/mol. The van der Waals surface area contributed by atoms with Crippen LogP contribution in [0.2, 0.25) is 0 Å². The number of aromatic nitrogens is 2. The van der Waals surface area contributed by atoms with Gasteiger partial charge in [-0.2, -0.15) is 5.10 Å². The van der Waals surface area contributed by atoms with Crippen LogP contribution in [-0.4, -0.2) is 45.6 Å². The topological polar surface area (TPSA) is 67.2 Å². The second-order valence-corrected chi connectivity index (χ2v) is 8.61. The first kappa shape index (κ1) is 20.9. The van der Waals surface area contributed by atoms with Crippen LogP contribution in [0.25, 0.3) is 22.0 Å². The molecule has 0 saturated carbocycles. The molecule has 4 aromatic rings. The van der Waals surface area contributed by atoms with Crippen molar-refractivity contribution in [3.05, 3.63) is 89.6 Å². The van der Waals surface area contributed by atoms with Gasteiger partial charge in [0.05, 0.1) is 5.52 Å². The molecule has 1 N–H and O–H groups in total. The van der Waals surface area contributed by atoms with E-state index >= 15 is 0 Å². The molecule has 6 nitrogen and oxygen atoms in total. The van der Waals surface area contributed by atoms with Crippen LogP contribution in [0.15, 0.2) is 72.8 Å². The molecule has 3 aromatic carbocycles. The molecule has 166 valence electrons. The minimum absolute atomic E-state index is 0.00728. The van der Waals surface area contributed by atoms with Crippen molar-refractivity contribution in [2.75, 3.05) is 13.1 Å². The molecule has 5 rings (SSSR count). The van der Waals surface area contributed by atoms with Crippen molar-refractivity contribution < 1.29 is 9.59 Å². The molecule has 1 aromatic heterocycles. The van der Waals surface area contributed by atoms with Crippen molar-refractivity contribution >= 4 is 22.7 Å². The normalized spacial score (nSPS) is 15.7. The Bertz CT molecular complexity index is 1360. The van der Waals surface area contributed by atoms with Gasteiger partial charge in [-0.05, 0) is 36.6 Å². The van der Waals surface area contributed by atoms with E-state index in [1.165, 1.54) is 0 Å². The summed E-state index contributed by atoms with van der Waals surface area (Å²) in [5.41, 5.74) is 5.14. The predicted octanol–water partition coefficient (Wildman–Crippen LogP) is 4.19. The van der Waals surface area contributed by atoms with E-state index in [9.17, 15) is 9.59 Å². The number of carbonyl (C=O) groups excluding carboxylic acids is 2. The summed E-state index contributed by atoms with van der Waals surface area (Å²) in [6, 6.07) is 23.5. The molecule has 1 saturated heterocycles. The Morgan fingerprint density at radius 3 is 2.64 bits per heavy atom. The lowest BCUT2D eigenvalue weighted by atomic mass is 9.97. The van der Waals surface area contributed by atoms with Gasteiger partial charge in [-0.15, -0.1) is 0 Å². The molecule has 2 amide bonds. The van der Waals surface area contributed by atoms with Gasteiger partial charge in [0.1, 0.15) is 0 Å². The van der Waals surface area contributed by atoms with E-state index in [1.54, 1.807) is 4.68 Å². The van der Waals surface area contributed by atoms with E-state index in [0.29, 0.717) is 24.3 Å². The van der Waals surface area contributed by atoms with Crippen molar-refractivity contribution in [3.63, 3.8) is 0 Å². The Balaban J connectivity index is 1.32. The van der Waals surface area contributed by atoms with Crippen LogP contribution in [0.1, 0.15) is 32.8 Å². The summed E-state index contributed by atoms with van der Waals surface area (Å²) in [5.74, 6) is -0.210. The van der Waals surface area contributed by atoms with Gasteiger partial charge < -0.3 is 10.2 Å². The SMILES string of the molecule is Cc1cccc(-c2ccccc2C(=O)N2CCC(NC(=O)c3nn(C)c4ccccc34)C2)c1. The Hall–Kier alpha value is -3.93. The van der Waals surface area contributed by atoms with Gasteiger partial charge in [0, 0.05) is 37.1 Å². The fourth-order valence-corrected chi connectivity index (χ4v) is 4.60. The third-order valence-corrected chi connectivity index (χ3v) is 6.27. The number of amides is 2. The average molecular weight is 439 g/mol. The minimum atomic E-state index is -0.203. The number of carbonyl (C=O) groups is 2. The van der Waals surface area contributed by atoms with Crippen LogP contribution in [0.3, 0.4) is 0 Å². The molecule has 1 atom stereocenters. The highest BCUT2D eigenvalue weighted by Gasteiger charge is 2.30. The molecular formula is C27H26N4O2. The van der Waals surface area contributed by atoms with E-state index in [2.05, 4.69) is 16.5 Å². The summed E-state index contributed by atoms with van der Waals surface area (Å²) in [4.78, 5) is 28.2. The average Bonchev–Trinajstić information content (AvgIpc) is 3.43. The van der Waals surface area contributed by atoms with Gasteiger partial charge in [-0.3, -0.25) is 14.3 Å². The number of hydrogen-bond donors (Lipinski definition) is 1. The molecule has 2 heterocycles. The molecule has 0 bridgehead atoms. The largest absolute Gasteiger partial charge is 0.346 e. The van der Waals surface area contributed by atoms with Crippen molar-refractivity contribution in [2.45, 2.75) is 19.4 Å². The molecule has 0 aliphatic carbocycles. The minimum Gasteiger partial charge on any atom is -0.346 e. The lowest BCUT2D eigenvalue weighted by Crippen LogP contribution is -2.38. The summed E-state index contributed by atoms with van der Waals surface area (Å²) in [5, 5.41) is 8.32. The standard InChI is InChI=1S/C27H26N4O2/c1-18-8-7-9-19(16-18)21-10-3-4-11-22(21)27(33)31-15-14-20(17-31)28-26(32)25-23-12-5-6-13-24(23)30(2)29-25/h3-13,16,20H,14-15,17H2,1-2H3,(H,28,32). The third kappa shape index (κ3) is 4.00. The maximum absolute atomic E-state index is 13.4. The van der Waals surface area contributed by atoms with Gasteiger partial charge in [0.2, 0.25) is 0 Å². The number of fused-ring (bicyclic) bond motifs is 1. The van der Waals surface area contributed by atoms with Crippen LogP contribution in [0.5, 0.6) is 0 Å². The summed E-state index contributed by atoms with van der Waals surface area (Å²) in [6.45, 7) is 3.14. The summed E-state index contributed by atoms with van der Waals surface area (Å²) < 4.78 is 1.72. The summed E-state index contributed by atoms with van der Waals surface area (Å²) in [7, 11) is 1.83. The summed E-state index contributed by atoms with van der Waals surface area (Å²) in [6.07, 6.45) is 0.717. The van der Waals surface area contributed by atoms with Crippen LogP contribution < -0.4 is 5.32 Å². The van der Waals surface area contributed by atoms with Crippen LogP contribution in [-0.2, 0) is 7.05 Å². The smallest absolute Gasteiger partial charge is 0.272 e. The zero-order valence-electron chi connectivity index (χ0n) is 18.8. The van der Waals surface area contributed by atoms with Gasteiger partial charge >= 0.3 is 0 Å². The van der Waals surface area contributed by atoms with E-state index in [1.807, 2.05) is 85.6 Å². The van der Waals surface area contributed by atoms with Crippen LogP contribution in [0.4, 0.5) is 0 Å². The number of rotatable bonds is 4. The molecule has 1 fully saturated rings. The highest BCUT2D eigenvalue weighted by atomic mass is 16.2. The van der Waals surface area contributed by atoms with E-state index in [-0.39, 0.29) is 17.9 Å². The van der Waals surface area contributed by atoms with Crippen molar-refractivity contribution in [1.82, 2.24) is 20.0 Å². The van der Waals surface area contributed by atoms with Crippen molar-refractivity contribution in [3.8, 4) is 11.1 Å². The number of nitrogens with zero attached hydrogens (tertiary/aromatic N) is 3.